The Kier molecular flexibility index (Phi) is 3.81. The van der Waals surface area contributed by atoms with Crippen molar-refractivity contribution in [2.24, 2.45) is 0 Å². The van der Waals surface area contributed by atoms with Gasteiger partial charge in [0.2, 0.25) is 0 Å². The Bertz CT molecular complexity index is 1260. The standard InChI is InChI=1S/C23H16FNO4/c1-28-23(27)21-17(26)9-10-18-20(21)15-11-25-16-4-2-3-14(19(15)16)22(29-18)12-5-7-13(24)8-6-12/h2-11,22,25-26H,1H3/t22-/m1/s1. The highest BCUT2D eigenvalue weighted by atomic mass is 19.1. The van der Waals surface area contributed by atoms with Crippen molar-refractivity contribution in [2.45, 2.75) is 6.10 Å². The monoisotopic (exact) mass is 389 g/mol. The number of methoxy groups -OCH3 is 1. The van der Waals surface area contributed by atoms with E-state index >= 15 is 0 Å². The molecule has 0 spiro atoms. The van der Waals surface area contributed by atoms with E-state index in [0.29, 0.717) is 11.3 Å². The first-order chi connectivity index (χ1) is 14.1. The largest absolute Gasteiger partial charge is 0.507 e. The van der Waals surface area contributed by atoms with Gasteiger partial charge in [-0.1, -0.05) is 24.3 Å². The number of benzene rings is 3. The first kappa shape index (κ1) is 17.3. The zero-order valence-corrected chi connectivity index (χ0v) is 15.4. The first-order valence-corrected chi connectivity index (χ1v) is 9.05. The van der Waals surface area contributed by atoms with Crippen LogP contribution in [0.1, 0.15) is 27.6 Å². The molecule has 2 heterocycles. The van der Waals surface area contributed by atoms with Gasteiger partial charge >= 0.3 is 5.97 Å². The number of phenols is 1. The first-order valence-electron chi connectivity index (χ1n) is 9.05. The van der Waals surface area contributed by atoms with Crippen molar-refractivity contribution in [1.29, 1.82) is 0 Å². The Morgan fingerprint density at radius 3 is 2.69 bits per heavy atom. The number of H-pyrrole nitrogens is 1. The Balaban J connectivity index is 1.86. The van der Waals surface area contributed by atoms with E-state index in [1.165, 1.54) is 25.3 Å². The summed E-state index contributed by atoms with van der Waals surface area (Å²) in [5, 5.41) is 11.3. The van der Waals surface area contributed by atoms with Gasteiger partial charge in [0, 0.05) is 33.8 Å². The number of rotatable bonds is 2. The molecule has 2 N–H and O–H groups in total. The minimum absolute atomic E-state index is 0.0421. The molecule has 1 aliphatic rings. The van der Waals surface area contributed by atoms with Crippen LogP contribution in [0.5, 0.6) is 11.5 Å². The van der Waals surface area contributed by atoms with Gasteiger partial charge in [0.15, 0.2) is 0 Å². The molecule has 0 unspecified atom stereocenters. The Hall–Kier alpha value is -3.80. The SMILES string of the molecule is COC(=O)c1c(O)ccc2c1-c1c[nH]c3cccc(c13)[C@@H](c1ccc(F)cc1)O2. The fraction of sp³-hybridized carbons (Fsp3) is 0.0870. The van der Waals surface area contributed by atoms with Crippen LogP contribution in [0.2, 0.25) is 0 Å². The van der Waals surface area contributed by atoms with E-state index < -0.39 is 12.1 Å². The van der Waals surface area contributed by atoms with Crippen LogP contribution in [0.25, 0.3) is 22.0 Å². The lowest BCUT2D eigenvalue weighted by Gasteiger charge is -2.20. The molecule has 29 heavy (non-hydrogen) atoms. The lowest BCUT2D eigenvalue weighted by molar-refractivity contribution is 0.0598. The summed E-state index contributed by atoms with van der Waals surface area (Å²) in [6.07, 6.45) is 1.26. The topological polar surface area (TPSA) is 71.5 Å². The third kappa shape index (κ3) is 2.56. The van der Waals surface area contributed by atoms with E-state index in [9.17, 15) is 14.3 Å². The van der Waals surface area contributed by atoms with Gasteiger partial charge < -0.3 is 19.6 Å². The second kappa shape index (κ2) is 6.38. The van der Waals surface area contributed by atoms with E-state index in [1.54, 1.807) is 24.4 Å². The van der Waals surface area contributed by atoms with E-state index in [4.69, 9.17) is 9.47 Å². The zero-order valence-electron chi connectivity index (χ0n) is 15.4. The van der Waals surface area contributed by atoms with Gasteiger partial charge in [-0.2, -0.15) is 0 Å². The quantitative estimate of drug-likeness (QED) is 0.476. The number of esters is 1. The van der Waals surface area contributed by atoms with Crippen molar-refractivity contribution in [3.8, 4) is 22.6 Å². The summed E-state index contributed by atoms with van der Waals surface area (Å²) >= 11 is 0. The van der Waals surface area contributed by atoms with Crippen LogP contribution in [0.4, 0.5) is 4.39 Å². The number of carbonyl (C=O) groups excluding carboxylic acids is 1. The number of ether oxygens (including phenoxy) is 2. The summed E-state index contributed by atoms with van der Waals surface area (Å²) in [5.41, 5.74) is 3.73. The zero-order chi connectivity index (χ0) is 20.1. The average molecular weight is 389 g/mol. The molecule has 0 saturated carbocycles. The predicted molar refractivity (Wildman–Crippen MR) is 106 cm³/mol. The van der Waals surface area contributed by atoms with Gasteiger partial charge in [-0.3, -0.25) is 0 Å². The molecule has 0 radical (unpaired) electrons. The lowest BCUT2D eigenvalue weighted by atomic mass is 9.93. The van der Waals surface area contributed by atoms with Crippen LogP contribution in [0.15, 0.2) is 60.8 Å². The molecule has 1 atom stereocenters. The maximum absolute atomic E-state index is 13.5. The van der Waals surface area contributed by atoms with E-state index in [1.807, 2.05) is 18.2 Å². The molecule has 1 aromatic heterocycles. The van der Waals surface area contributed by atoms with Crippen LogP contribution in [0.3, 0.4) is 0 Å². The molecular weight excluding hydrogens is 373 g/mol. The number of aromatic amines is 1. The number of aromatic nitrogens is 1. The summed E-state index contributed by atoms with van der Waals surface area (Å²) < 4.78 is 24.7. The fourth-order valence-electron chi connectivity index (χ4n) is 3.95. The van der Waals surface area contributed by atoms with Gasteiger partial charge in [0.25, 0.3) is 0 Å². The number of carbonyl (C=O) groups is 1. The predicted octanol–water partition coefficient (Wildman–Crippen LogP) is 4.95. The number of hydrogen-bond acceptors (Lipinski definition) is 4. The minimum Gasteiger partial charge on any atom is -0.507 e. The van der Waals surface area contributed by atoms with Gasteiger partial charge in [-0.15, -0.1) is 0 Å². The number of aromatic hydroxyl groups is 1. The molecule has 0 bridgehead atoms. The molecular formula is C23H16FNO4. The van der Waals surface area contributed by atoms with E-state index in [-0.39, 0.29) is 17.1 Å². The third-order valence-electron chi connectivity index (χ3n) is 5.24. The van der Waals surface area contributed by atoms with Crippen molar-refractivity contribution < 1.29 is 23.8 Å². The van der Waals surface area contributed by atoms with Crippen LogP contribution in [0, 0.1) is 5.82 Å². The molecule has 1 aliphatic heterocycles. The highest BCUT2D eigenvalue weighted by Gasteiger charge is 2.31. The summed E-state index contributed by atoms with van der Waals surface area (Å²) in [6, 6.07) is 14.9. The van der Waals surface area contributed by atoms with Gasteiger partial charge in [-0.25, -0.2) is 9.18 Å². The minimum atomic E-state index is -0.657. The Morgan fingerprint density at radius 1 is 1.14 bits per heavy atom. The molecule has 4 aromatic rings. The van der Waals surface area contributed by atoms with Crippen molar-refractivity contribution >= 4 is 16.9 Å². The van der Waals surface area contributed by atoms with Crippen LogP contribution in [-0.2, 0) is 4.74 Å². The summed E-state index contributed by atoms with van der Waals surface area (Å²) in [7, 11) is 1.26. The van der Waals surface area contributed by atoms with Crippen LogP contribution >= 0.6 is 0 Å². The molecule has 5 nitrogen and oxygen atoms in total. The number of fused-ring (bicyclic) bond motifs is 2. The Morgan fingerprint density at radius 2 is 1.93 bits per heavy atom. The maximum Gasteiger partial charge on any atom is 0.342 e. The molecule has 6 heteroatoms. The highest BCUT2D eigenvalue weighted by Crippen LogP contribution is 2.48. The second-order valence-corrected chi connectivity index (χ2v) is 6.85. The van der Waals surface area contributed by atoms with Crippen molar-refractivity contribution in [2.75, 3.05) is 7.11 Å². The second-order valence-electron chi connectivity index (χ2n) is 6.85. The number of nitrogens with one attached hydrogen (secondary N) is 1. The number of phenolic OH excluding ortho intramolecular Hbond substituents is 1. The molecule has 5 rings (SSSR count). The van der Waals surface area contributed by atoms with Gasteiger partial charge in [0.05, 0.1) is 7.11 Å². The van der Waals surface area contributed by atoms with Gasteiger partial charge in [-0.05, 0) is 35.9 Å². The maximum atomic E-state index is 13.5. The van der Waals surface area contributed by atoms with Crippen molar-refractivity contribution in [3.05, 3.63) is 83.3 Å². The van der Waals surface area contributed by atoms with Crippen molar-refractivity contribution in [3.63, 3.8) is 0 Å². The van der Waals surface area contributed by atoms with Gasteiger partial charge in [0.1, 0.15) is 29.0 Å². The van der Waals surface area contributed by atoms with Crippen LogP contribution in [-0.4, -0.2) is 23.2 Å². The summed E-state index contributed by atoms with van der Waals surface area (Å²) in [5.74, 6) is -0.753. The average Bonchev–Trinajstić information content (AvgIpc) is 3.10. The molecule has 0 aliphatic carbocycles. The molecule has 0 fully saturated rings. The smallest absolute Gasteiger partial charge is 0.342 e. The fourth-order valence-corrected chi connectivity index (χ4v) is 3.95. The Labute approximate surface area is 165 Å². The number of hydrogen-bond donors (Lipinski definition) is 2. The van der Waals surface area contributed by atoms with E-state index in [2.05, 4.69) is 4.98 Å². The molecule has 3 aromatic carbocycles. The van der Waals surface area contributed by atoms with Crippen molar-refractivity contribution in [1.82, 2.24) is 4.98 Å². The van der Waals surface area contributed by atoms with E-state index in [0.717, 1.165) is 27.6 Å². The summed E-state index contributed by atoms with van der Waals surface area (Å²) in [4.78, 5) is 15.7. The molecule has 0 saturated heterocycles. The molecule has 0 amide bonds. The lowest BCUT2D eigenvalue weighted by Crippen LogP contribution is -2.10. The van der Waals surface area contributed by atoms with Crippen LogP contribution < -0.4 is 4.74 Å². The highest BCUT2D eigenvalue weighted by molar-refractivity contribution is 6.08. The summed E-state index contributed by atoms with van der Waals surface area (Å²) in [6.45, 7) is 0. The normalized spacial score (nSPS) is 14.8. The third-order valence-corrected chi connectivity index (χ3v) is 5.24. The molecule has 144 valence electrons. The number of halogens is 1.